The van der Waals surface area contributed by atoms with E-state index < -0.39 is 23.3 Å². The van der Waals surface area contributed by atoms with Gasteiger partial charge in [0.1, 0.15) is 11.9 Å². The molecule has 140 valence electrons. The predicted molar refractivity (Wildman–Crippen MR) is 109 cm³/mol. The molecule has 4 aromatic rings. The highest BCUT2D eigenvalue weighted by molar-refractivity contribution is 9.10. The molecular formula is C19H12BrFN4O2S. The second-order valence-electron chi connectivity index (χ2n) is 5.90. The highest BCUT2D eigenvalue weighted by Gasteiger charge is 2.26. The number of nitrogens with zero attached hydrogens (tertiary/aromatic N) is 3. The number of nitrogens with one attached hydrogen (secondary N) is 1. The second-order valence-corrected chi connectivity index (χ2v) is 7.71. The van der Waals surface area contributed by atoms with Crippen molar-refractivity contribution in [3.8, 4) is 0 Å². The van der Waals surface area contributed by atoms with E-state index in [4.69, 9.17) is 0 Å². The summed E-state index contributed by atoms with van der Waals surface area (Å²) >= 11 is 4.58. The maximum atomic E-state index is 13.8. The number of fused-ring (bicyclic) bond motifs is 1. The number of rotatable bonds is 4. The highest BCUT2D eigenvalue weighted by Crippen LogP contribution is 2.23. The Morgan fingerprint density at radius 3 is 2.82 bits per heavy atom. The first-order chi connectivity index (χ1) is 13.5. The molecule has 0 saturated carbocycles. The lowest BCUT2D eigenvalue weighted by Gasteiger charge is -2.19. The number of thiazole rings is 1. The third kappa shape index (κ3) is 3.58. The van der Waals surface area contributed by atoms with Gasteiger partial charge in [-0.3, -0.25) is 19.5 Å². The third-order valence-electron chi connectivity index (χ3n) is 4.10. The van der Waals surface area contributed by atoms with Gasteiger partial charge in [-0.15, -0.1) is 11.3 Å². The zero-order valence-corrected chi connectivity index (χ0v) is 16.6. The van der Waals surface area contributed by atoms with Gasteiger partial charge >= 0.3 is 0 Å². The molecule has 0 bridgehead atoms. The minimum atomic E-state index is -1.11. The van der Waals surface area contributed by atoms with Gasteiger partial charge in [0, 0.05) is 16.0 Å². The molecule has 1 amide bonds. The lowest BCUT2D eigenvalue weighted by atomic mass is 10.1. The van der Waals surface area contributed by atoms with Crippen LogP contribution in [-0.2, 0) is 4.79 Å². The Morgan fingerprint density at radius 2 is 2.07 bits per heavy atom. The van der Waals surface area contributed by atoms with Gasteiger partial charge < -0.3 is 0 Å². The van der Waals surface area contributed by atoms with E-state index in [2.05, 4.69) is 31.2 Å². The van der Waals surface area contributed by atoms with Crippen LogP contribution in [0.15, 0.2) is 69.6 Å². The van der Waals surface area contributed by atoms with Crippen molar-refractivity contribution in [3.63, 3.8) is 0 Å². The lowest BCUT2D eigenvalue weighted by Crippen LogP contribution is -2.34. The molecule has 2 aromatic heterocycles. The summed E-state index contributed by atoms with van der Waals surface area (Å²) in [6.07, 6.45) is 2.86. The molecule has 2 heterocycles. The van der Waals surface area contributed by atoms with Crippen LogP contribution >= 0.6 is 27.3 Å². The number of amides is 1. The Hall–Kier alpha value is -2.91. The van der Waals surface area contributed by atoms with Crippen LogP contribution in [0.25, 0.3) is 10.9 Å². The molecule has 0 aliphatic carbocycles. The number of carbonyl (C=O) groups excluding carboxylic acids is 1. The SMILES string of the molecule is O=C(Nc1nccs1)C(c1cccc(F)c1)n1cnc2ccc(Br)cc2c1=O. The van der Waals surface area contributed by atoms with Gasteiger partial charge in [-0.1, -0.05) is 28.1 Å². The number of halogens is 2. The maximum absolute atomic E-state index is 13.8. The quantitative estimate of drug-likeness (QED) is 0.501. The Kier molecular flexibility index (Phi) is 5.01. The fourth-order valence-electron chi connectivity index (χ4n) is 2.87. The van der Waals surface area contributed by atoms with Crippen molar-refractivity contribution in [3.05, 3.63) is 86.6 Å². The molecule has 28 heavy (non-hydrogen) atoms. The minimum Gasteiger partial charge on any atom is -0.300 e. The summed E-state index contributed by atoms with van der Waals surface area (Å²) in [5, 5.41) is 5.12. The van der Waals surface area contributed by atoms with Crippen LogP contribution < -0.4 is 10.9 Å². The predicted octanol–water partition coefficient (Wildman–Crippen LogP) is 3.98. The largest absolute Gasteiger partial charge is 0.300 e. The van der Waals surface area contributed by atoms with E-state index >= 15 is 0 Å². The molecular weight excluding hydrogens is 447 g/mol. The van der Waals surface area contributed by atoms with Crippen LogP contribution in [0.2, 0.25) is 0 Å². The van der Waals surface area contributed by atoms with E-state index in [0.29, 0.717) is 26.1 Å². The van der Waals surface area contributed by atoms with Crippen LogP contribution in [0, 0.1) is 5.82 Å². The first kappa shape index (κ1) is 18.5. The van der Waals surface area contributed by atoms with Crippen molar-refractivity contribution in [2.75, 3.05) is 5.32 Å². The van der Waals surface area contributed by atoms with Gasteiger partial charge in [0.2, 0.25) is 0 Å². The zero-order chi connectivity index (χ0) is 19.7. The van der Waals surface area contributed by atoms with Crippen molar-refractivity contribution in [1.29, 1.82) is 0 Å². The number of benzene rings is 2. The van der Waals surface area contributed by atoms with Gasteiger partial charge in [0.25, 0.3) is 11.5 Å². The normalized spacial score (nSPS) is 12.1. The summed E-state index contributed by atoms with van der Waals surface area (Å²) in [6.45, 7) is 0. The van der Waals surface area contributed by atoms with Crippen LogP contribution in [0.3, 0.4) is 0 Å². The Bertz CT molecular complexity index is 1230. The summed E-state index contributed by atoms with van der Waals surface area (Å²) in [5.74, 6) is -1.02. The molecule has 1 unspecified atom stereocenters. The topological polar surface area (TPSA) is 76.9 Å². The summed E-state index contributed by atoms with van der Waals surface area (Å²) in [5.41, 5.74) is 0.421. The van der Waals surface area contributed by atoms with E-state index in [1.54, 1.807) is 35.8 Å². The first-order valence-corrected chi connectivity index (χ1v) is 9.82. The summed E-state index contributed by atoms with van der Waals surface area (Å²) in [4.78, 5) is 34.4. The Balaban J connectivity index is 1.88. The number of carbonyl (C=O) groups is 1. The van der Waals surface area contributed by atoms with E-state index in [-0.39, 0.29) is 0 Å². The standard InChI is InChI=1S/C19H12BrFN4O2S/c20-12-4-5-15-14(9-12)18(27)25(10-23-15)16(11-2-1-3-13(21)8-11)17(26)24-19-22-6-7-28-19/h1-10,16H,(H,22,24,26). The molecule has 0 aliphatic heterocycles. The molecule has 4 rings (SSSR count). The zero-order valence-electron chi connectivity index (χ0n) is 14.2. The first-order valence-electron chi connectivity index (χ1n) is 8.15. The molecule has 0 fully saturated rings. The van der Waals surface area contributed by atoms with Gasteiger partial charge in [-0.2, -0.15) is 0 Å². The number of hydrogen-bond acceptors (Lipinski definition) is 5. The molecule has 2 aromatic carbocycles. The van der Waals surface area contributed by atoms with Crippen LogP contribution in [0.1, 0.15) is 11.6 Å². The molecule has 0 saturated heterocycles. The number of anilines is 1. The van der Waals surface area contributed by atoms with Crippen molar-refractivity contribution in [2.45, 2.75) is 6.04 Å². The second kappa shape index (κ2) is 7.61. The average Bonchev–Trinajstić information content (AvgIpc) is 3.17. The molecule has 1 atom stereocenters. The lowest BCUT2D eigenvalue weighted by molar-refractivity contribution is -0.118. The van der Waals surface area contributed by atoms with Crippen molar-refractivity contribution in [1.82, 2.24) is 14.5 Å². The van der Waals surface area contributed by atoms with Crippen LogP contribution in [0.4, 0.5) is 9.52 Å². The monoisotopic (exact) mass is 458 g/mol. The highest BCUT2D eigenvalue weighted by atomic mass is 79.9. The molecule has 0 aliphatic rings. The Labute approximate surface area is 170 Å². The van der Waals surface area contributed by atoms with Crippen molar-refractivity contribution < 1.29 is 9.18 Å². The van der Waals surface area contributed by atoms with Crippen molar-refractivity contribution >= 4 is 49.2 Å². The van der Waals surface area contributed by atoms with E-state index in [1.807, 2.05) is 0 Å². The third-order valence-corrected chi connectivity index (χ3v) is 5.28. The number of aromatic nitrogens is 3. The van der Waals surface area contributed by atoms with Gasteiger partial charge in [0.05, 0.1) is 17.2 Å². The molecule has 6 nitrogen and oxygen atoms in total. The molecule has 0 spiro atoms. The summed E-state index contributed by atoms with van der Waals surface area (Å²) < 4.78 is 15.8. The smallest absolute Gasteiger partial charge is 0.262 e. The van der Waals surface area contributed by atoms with Crippen LogP contribution in [0.5, 0.6) is 0 Å². The van der Waals surface area contributed by atoms with E-state index in [0.717, 1.165) is 0 Å². The van der Waals surface area contributed by atoms with Gasteiger partial charge in [-0.25, -0.2) is 14.4 Å². The summed E-state index contributed by atoms with van der Waals surface area (Å²) in [6, 6.07) is 9.60. The fraction of sp³-hybridized carbons (Fsp3) is 0.0526. The molecule has 1 N–H and O–H groups in total. The van der Waals surface area contributed by atoms with Crippen molar-refractivity contribution in [2.24, 2.45) is 0 Å². The fourth-order valence-corrected chi connectivity index (χ4v) is 3.76. The minimum absolute atomic E-state index is 0.326. The summed E-state index contributed by atoms with van der Waals surface area (Å²) in [7, 11) is 0. The van der Waals surface area contributed by atoms with Crippen LogP contribution in [-0.4, -0.2) is 20.4 Å². The average molecular weight is 459 g/mol. The number of hydrogen-bond donors (Lipinski definition) is 1. The molecule has 9 heteroatoms. The van der Waals surface area contributed by atoms with Gasteiger partial charge in [-0.05, 0) is 35.9 Å². The maximum Gasteiger partial charge on any atom is 0.262 e. The van der Waals surface area contributed by atoms with E-state index in [1.165, 1.54) is 40.4 Å². The van der Waals surface area contributed by atoms with E-state index in [9.17, 15) is 14.0 Å². The Morgan fingerprint density at radius 1 is 1.21 bits per heavy atom. The molecule has 0 radical (unpaired) electrons. The van der Waals surface area contributed by atoms with Gasteiger partial charge in [0.15, 0.2) is 5.13 Å².